The van der Waals surface area contributed by atoms with Crippen molar-refractivity contribution in [3.05, 3.63) is 92.2 Å². The highest BCUT2D eigenvalue weighted by Crippen LogP contribution is 2.42. The minimum atomic E-state index is -0.307. The van der Waals surface area contributed by atoms with Crippen LogP contribution in [0, 0.1) is 0 Å². The molecule has 27 nitrogen and oxygen atoms in total. The number of nitrogens with one attached hydrogen (secondary N) is 6. The van der Waals surface area contributed by atoms with Crippen molar-refractivity contribution in [2.75, 3.05) is 80.6 Å². The first-order valence-electron chi connectivity index (χ1n) is 28.9. The van der Waals surface area contributed by atoms with Crippen LogP contribution in [0.3, 0.4) is 0 Å². The van der Waals surface area contributed by atoms with Crippen LogP contribution >= 0.6 is 34.0 Å². The second kappa shape index (κ2) is 25.5. The summed E-state index contributed by atoms with van der Waals surface area (Å²) < 4.78 is 14.9. The summed E-state index contributed by atoms with van der Waals surface area (Å²) in [4.78, 5) is 87.9. The smallest absolute Gasteiger partial charge is 0.320 e. The van der Waals surface area contributed by atoms with E-state index in [1.165, 1.54) is 53.0 Å². The molecule has 11 heterocycles. The lowest BCUT2D eigenvalue weighted by atomic mass is 10.0. The van der Waals surface area contributed by atoms with Crippen LogP contribution in [0.25, 0.3) is 97.1 Å². The fourth-order valence-electron chi connectivity index (χ4n) is 11.3. The molecule has 3 aromatic carbocycles. The molecule has 12 aromatic rings. The molecule has 7 amide bonds. The van der Waals surface area contributed by atoms with E-state index >= 15 is 0 Å². The largest absolute Gasteiger partial charge is 0.383 e. The summed E-state index contributed by atoms with van der Waals surface area (Å²) in [5.41, 5.74) is 29.6. The van der Waals surface area contributed by atoms with E-state index in [1.54, 1.807) is 28.1 Å². The fraction of sp³-hybridized carbons (Fsp3) is 0.283. The number of amides is 7. The van der Waals surface area contributed by atoms with Gasteiger partial charge >= 0.3 is 18.1 Å². The molecular formula is C60H64N22O5S3. The molecule has 14 rings (SSSR count). The summed E-state index contributed by atoms with van der Waals surface area (Å²) in [6.07, 6.45) is 14.4. The first-order valence-corrected chi connectivity index (χ1v) is 31.4. The standard InChI is InChI=1S/C22H24N8O2S.C20H21N7O2S.C18H19N7OS/c1-12(31)29-7-5-14(6-8-29)30-10-15(18-19(23)25-11-26-20(18)30)13-3-4-16-17(9-13)33-22(27-16)28-21(32)24-2;1-22-19(28)26-20-25-14-3-2-11(8-15(14)30-20)13-9-27(12-4-6-29-7-5-12)18-16(13)17(21)23-10-24-18;1-9(2)25-7-11(14-15(19)21-8-22-16(14)25)10-4-5-12-13(6-10)27-18(23-12)24-17(26)20-3/h3-4,9-11,14H,5-8H2,1-2H3,(H2,23,25,26)(H2,24,27,28,32);2-3,8-10,12H,4-7H2,1H3,(H2,21,23,24)(H2,22,25,26,28);4-9H,1-3H3,(H2,19,21,22)(H2,20,23,24,26). The number of nitrogen functional groups attached to an aromatic ring is 3. The molecule has 12 N–H and O–H groups in total. The predicted molar refractivity (Wildman–Crippen MR) is 356 cm³/mol. The Morgan fingerprint density at radius 1 is 0.522 bits per heavy atom. The minimum absolute atomic E-state index is 0.112. The van der Waals surface area contributed by atoms with Crippen LogP contribution in [0.2, 0.25) is 0 Å². The van der Waals surface area contributed by atoms with Gasteiger partial charge in [-0.3, -0.25) is 20.7 Å². The van der Waals surface area contributed by atoms with E-state index in [-0.39, 0.29) is 36.1 Å². The molecule has 0 saturated carbocycles. The molecule has 462 valence electrons. The lowest BCUT2D eigenvalue weighted by Crippen LogP contribution is -2.37. The van der Waals surface area contributed by atoms with E-state index in [2.05, 4.69) is 129 Å². The number of anilines is 6. The molecule has 2 saturated heterocycles. The van der Waals surface area contributed by atoms with Crippen molar-refractivity contribution >= 4 is 155 Å². The van der Waals surface area contributed by atoms with Gasteiger partial charge in [0, 0.05) is 108 Å². The molecular weight excluding hydrogens is 1210 g/mol. The number of aromatic nitrogens is 12. The van der Waals surface area contributed by atoms with Gasteiger partial charge in [0.25, 0.3) is 0 Å². The molecule has 0 atom stereocenters. The van der Waals surface area contributed by atoms with Crippen molar-refractivity contribution in [3.63, 3.8) is 0 Å². The van der Waals surface area contributed by atoms with Crippen LogP contribution in [-0.2, 0) is 9.53 Å². The summed E-state index contributed by atoms with van der Waals surface area (Å²) in [7, 11) is 4.70. The van der Waals surface area contributed by atoms with Gasteiger partial charge in [-0.15, -0.1) is 0 Å². The van der Waals surface area contributed by atoms with E-state index in [0.717, 1.165) is 149 Å². The van der Waals surface area contributed by atoms with E-state index < -0.39 is 0 Å². The maximum atomic E-state index is 11.7. The predicted octanol–water partition coefficient (Wildman–Crippen LogP) is 10.2. The summed E-state index contributed by atoms with van der Waals surface area (Å²) in [6.45, 7) is 8.76. The Kier molecular flexibility index (Phi) is 17.0. The van der Waals surface area contributed by atoms with Gasteiger partial charge in [-0.1, -0.05) is 52.2 Å². The average Bonchev–Trinajstić information content (AvgIpc) is 1.64. The number of ether oxygens (including phenoxy) is 1. The highest BCUT2D eigenvalue weighted by atomic mass is 32.1. The number of thiazole rings is 3. The van der Waals surface area contributed by atoms with Crippen molar-refractivity contribution in [2.24, 2.45) is 0 Å². The molecule has 0 radical (unpaired) electrons. The molecule has 30 heteroatoms. The van der Waals surface area contributed by atoms with E-state index in [0.29, 0.717) is 38.9 Å². The zero-order valence-corrected chi connectivity index (χ0v) is 52.3. The topological polar surface area (TPSA) is 362 Å². The zero-order valence-electron chi connectivity index (χ0n) is 49.9. The molecule has 9 aromatic heterocycles. The number of carbonyl (C=O) groups is 4. The van der Waals surface area contributed by atoms with Gasteiger partial charge in [0.1, 0.15) is 53.4 Å². The molecule has 2 fully saturated rings. The van der Waals surface area contributed by atoms with Crippen molar-refractivity contribution < 1.29 is 23.9 Å². The highest BCUT2D eigenvalue weighted by Gasteiger charge is 2.27. The fourth-order valence-corrected chi connectivity index (χ4v) is 14.0. The van der Waals surface area contributed by atoms with E-state index in [9.17, 15) is 19.2 Å². The second-order valence-corrected chi connectivity index (χ2v) is 24.7. The summed E-state index contributed by atoms with van der Waals surface area (Å²) in [5.74, 6) is 1.47. The Balaban J connectivity index is 0.000000131. The van der Waals surface area contributed by atoms with Crippen molar-refractivity contribution in [1.29, 1.82) is 0 Å². The van der Waals surface area contributed by atoms with Gasteiger partial charge < -0.3 is 56.5 Å². The normalized spacial score (nSPS) is 13.8. The summed E-state index contributed by atoms with van der Waals surface area (Å²) >= 11 is 4.25. The number of urea groups is 3. The Labute approximate surface area is 525 Å². The number of fused-ring (bicyclic) bond motifs is 6. The molecule has 0 aliphatic carbocycles. The number of hydrogen-bond donors (Lipinski definition) is 9. The number of carbonyl (C=O) groups excluding carboxylic acids is 4. The van der Waals surface area contributed by atoms with E-state index in [1.807, 2.05) is 53.4 Å². The van der Waals surface area contributed by atoms with Gasteiger partial charge in [-0.05, 0) is 92.6 Å². The first kappa shape index (κ1) is 60.1. The third kappa shape index (κ3) is 12.1. The molecule has 90 heavy (non-hydrogen) atoms. The molecule has 0 bridgehead atoms. The third-order valence-electron chi connectivity index (χ3n) is 15.8. The number of piperidine rings is 1. The molecule has 2 aliphatic heterocycles. The molecule has 0 spiro atoms. The SMILES string of the molecule is CNC(=O)Nc1nc2ccc(-c3cn(C(C)C)c4ncnc(N)c34)cc2s1.CNC(=O)Nc1nc2ccc(-c3cn(C4CCN(C(C)=O)CC4)c4ncnc(N)c34)cc2s1.CNC(=O)Nc1nc2ccc(-c3cn(C4CCOCC4)c4ncnc(N)c34)cc2s1. The Hall–Kier alpha value is -10.2. The van der Waals surface area contributed by atoms with Gasteiger partial charge in [-0.2, -0.15) is 0 Å². The maximum Gasteiger partial charge on any atom is 0.320 e. The van der Waals surface area contributed by atoms with Gasteiger partial charge in [0.15, 0.2) is 15.4 Å². The first-order chi connectivity index (χ1) is 43.5. The second-order valence-electron chi connectivity index (χ2n) is 21.6. The van der Waals surface area contributed by atoms with Crippen molar-refractivity contribution in [2.45, 2.75) is 64.6 Å². The van der Waals surface area contributed by atoms with Crippen LogP contribution in [0.5, 0.6) is 0 Å². The zero-order chi connectivity index (χ0) is 62.9. The van der Waals surface area contributed by atoms with Crippen LogP contribution < -0.4 is 49.1 Å². The van der Waals surface area contributed by atoms with Crippen LogP contribution in [0.4, 0.5) is 47.2 Å². The van der Waals surface area contributed by atoms with Gasteiger partial charge in [0.05, 0.1) is 46.8 Å². The maximum absolute atomic E-state index is 11.7. The monoisotopic (exact) mass is 1270 g/mol. The average molecular weight is 1270 g/mol. The van der Waals surface area contributed by atoms with Crippen LogP contribution in [0.15, 0.2) is 92.2 Å². The third-order valence-corrected chi connectivity index (χ3v) is 18.6. The number of hydrogen-bond acceptors (Lipinski definition) is 20. The highest BCUT2D eigenvalue weighted by molar-refractivity contribution is 7.23. The number of benzene rings is 3. The number of nitrogens with two attached hydrogens (primary N) is 3. The Bertz CT molecular complexity index is 4700. The van der Waals surface area contributed by atoms with Crippen molar-refractivity contribution in [3.8, 4) is 33.4 Å². The van der Waals surface area contributed by atoms with Gasteiger partial charge in [-0.25, -0.2) is 59.2 Å². The molecule has 2 aliphatic rings. The number of likely N-dealkylation sites (tertiary alicyclic amines) is 1. The van der Waals surface area contributed by atoms with Gasteiger partial charge in [0.2, 0.25) is 5.91 Å². The van der Waals surface area contributed by atoms with Crippen LogP contribution in [0.1, 0.15) is 64.6 Å². The van der Waals surface area contributed by atoms with Crippen molar-refractivity contribution in [1.82, 2.24) is 79.4 Å². The minimum Gasteiger partial charge on any atom is -0.383 e. The summed E-state index contributed by atoms with van der Waals surface area (Å²) in [5, 5.41) is 19.9. The van der Waals surface area contributed by atoms with E-state index in [4.69, 9.17) is 21.9 Å². The number of nitrogens with zero attached hydrogens (tertiary/aromatic N) is 13. The number of rotatable bonds is 9. The summed E-state index contributed by atoms with van der Waals surface area (Å²) in [6, 6.07) is 17.9. The lowest BCUT2D eigenvalue weighted by molar-refractivity contribution is -0.130. The Morgan fingerprint density at radius 3 is 1.27 bits per heavy atom. The molecule has 0 unspecified atom stereocenters. The quantitative estimate of drug-likeness (QED) is 0.0648. The Morgan fingerprint density at radius 2 is 0.889 bits per heavy atom. The lowest BCUT2D eigenvalue weighted by Gasteiger charge is -2.32. The van der Waals surface area contributed by atoms with Crippen LogP contribution in [-0.4, -0.2) is 135 Å².